The zero-order chi connectivity index (χ0) is 22.1. The number of anilines is 5. The number of benzene rings is 1. The fourth-order valence-corrected chi connectivity index (χ4v) is 3.46. The van der Waals surface area contributed by atoms with E-state index in [1.807, 2.05) is 28.8 Å². The van der Waals surface area contributed by atoms with Gasteiger partial charge in [-0.1, -0.05) is 0 Å². The summed E-state index contributed by atoms with van der Waals surface area (Å²) < 4.78 is 3.54. The molecule has 1 saturated carbocycles. The Labute approximate surface area is 185 Å². The molecule has 5 N–H and O–H groups in total. The number of hydrogen-bond donors (Lipinski definition) is 4. The molecule has 11 nitrogen and oxygen atoms in total. The van der Waals surface area contributed by atoms with Crippen molar-refractivity contribution in [1.82, 2.24) is 34.3 Å². The fourth-order valence-electron chi connectivity index (χ4n) is 3.46. The van der Waals surface area contributed by atoms with E-state index in [0.29, 0.717) is 17.7 Å². The average molecular weight is 434 g/mol. The van der Waals surface area contributed by atoms with Gasteiger partial charge in [0.25, 0.3) is 0 Å². The Bertz CT molecular complexity index is 1210. The monoisotopic (exact) mass is 433 g/mol. The number of nitrogens with one attached hydrogen (secondary N) is 3. The van der Waals surface area contributed by atoms with Crippen molar-refractivity contribution < 1.29 is 0 Å². The third-order valence-electron chi connectivity index (χ3n) is 5.27. The van der Waals surface area contributed by atoms with Crippen LogP contribution in [-0.4, -0.2) is 67.5 Å². The summed E-state index contributed by atoms with van der Waals surface area (Å²) in [5.74, 6) is 1.17. The smallest absolute Gasteiger partial charge is 0.179 e. The first-order valence-electron chi connectivity index (χ1n) is 10.6. The van der Waals surface area contributed by atoms with Crippen molar-refractivity contribution in [1.29, 1.82) is 0 Å². The summed E-state index contributed by atoms with van der Waals surface area (Å²) in [5, 5.41) is 23.0. The third kappa shape index (κ3) is 4.28. The van der Waals surface area contributed by atoms with Crippen LogP contribution in [0.25, 0.3) is 11.3 Å². The van der Waals surface area contributed by atoms with Gasteiger partial charge in [-0.15, -0.1) is 15.3 Å². The first-order valence-corrected chi connectivity index (χ1v) is 10.6. The molecule has 0 amide bonds. The van der Waals surface area contributed by atoms with Crippen molar-refractivity contribution in [3.8, 4) is 5.69 Å². The largest absolute Gasteiger partial charge is 0.382 e. The Balaban J connectivity index is 1.45. The van der Waals surface area contributed by atoms with Crippen molar-refractivity contribution in [2.24, 2.45) is 0 Å². The highest BCUT2D eigenvalue weighted by molar-refractivity contribution is 5.76. The Kier molecular flexibility index (Phi) is 5.23. The van der Waals surface area contributed by atoms with E-state index < -0.39 is 0 Å². The predicted octanol–water partition coefficient (Wildman–Crippen LogP) is 2.18. The normalized spacial score (nSPS) is 13.6. The van der Waals surface area contributed by atoms with Crippen LogP contribution in [0.5, 0.6) is 0 Å². The second kappa shape index (κ2) is 8.35. The van der Waals surface area contributed by atoms with Crippen molar-refractivity contribution in [2.45, 2.75) is 18.9 Å². The van der Waals surface area contributed by atoms with Crippen LogP contribution in [0.3, 0.4) is 0 Å². The molecule has 0 aliphatic heterocycles. The topological polar surface area (TPSA) is 126 Å². The Hall–Kier alpha value is -3.86. The highest BCUT2D eigenvalue weighted by Gasteiger charge is 2.23. The average Bonchev–Trinajstić information content (AvgIpc) is 3.26. The molecule has 0 atom stereocenters. The Morgan fingerprint density at radius 1 is 1.12 bits per heavy atom. The van der Waals surface area contributed by atoms with Gasteiger partial charge in [0.2, 0.25) is 0 Å². The maximum Gasteiger partial charge on any atom is 0.179 e. The molecule has 1 aromatic carbocycles. The lowest BCUT2D eigenvalue weighted by atomic mass is 10.2. The molecular formula is C21H27N11. The number of nitrogens with two attached hydrogens (primary N) is 1. The van der Waals surface area contributed by atoms with Gasteiger partial charge in [0, 0.05) is 30.9 Å². The molecule has 166 valence electrons. The minimum atomic E-state index is 0.486. The van der Waals surface area contributed by atoms with Crippen molar-refractivity contribution in [2.75, 3.05) is 48.9 Å². The minimum Gasteiger partial charge on any atom is -0.382 e. The molecule has 3 heterocycles. The van der Waals surface area contributed by atoms with E-state index in [2.05, 4.69) is 55.2 Å². The number of likely N-dealkylation sites (N-methyl/N-ethyl adjacent to an activating group) is 1. The number of imidazole rings is 1. The molecule has 0 bridgehead atoms. The lowest BCUT2D eigenvalue weighted by Gasteiger charge is -2.17. The molecule has 0 unspecified atom stereocenters. The SMILES string of the molecule is CN(C)CCNc1ccc(Nc2cc(NC3CC3)c3ncc(N)n3n2)cc1-n1cnnc1. The summed E-state index contributed by atoms with van der Waals surface area (Å²) in [5.41, 5.74) is 10.6. The van der Waals surface area contributed by atoms with Gasteiger partial charge in [-0.2, -0.15) is 4.52 Å². The predicted molar refractivity (Wildman–Crippen MR) is 126 cm³/mol. The number of fused-ring (bicyclic) bond motifs is 1. The standard InChI is InChI=1S/C21H27N11/c1-30(2)8-7-23-16-6-5-15(9-18(16)31-12-25-26-13-31)28-20-10-17(27-14-3-4-14)21-24-11-19(22)32(21)29-20/h5-6,9-14,23,27H,3-4,7-8,22H2,1-2H3,(H,28,29). The van der Waals surface area contributed by atoms with E-state index in [0.717, 1.165) is 54.3 Å². The maximum absolute atomic E-state index is 6.08. The number of nitrogen functional groups attached to an aromatic ring is 1. The summed E-state index contributed by atoms with van der Waals surface area (Å²) in [6.45, 7) is 1.75. The lowest BCUT2D eigenvalue weighted by Crippen LogP contribution is -2.21. The van der Waals surface area contributed by atoms with E-state index in [1.165, 1.54) is 0 Å². The van der Waals surface area contributed by atoms with Crippen molar-refractivity contribution in [3.05, 3.63) is 43.1 Å². The van der Waals surface area contributed by atoms with Crippen LogP contribution in [0.2, 0.25) is 0 Å². The van der Waals surface area contributed by atoms with E-state index in [1.54, 1.807) is 23.4 Å². The second-order valence-corrected chi connectivity index (χ2v) is 8.24. The zero-order valence-corrected chi connectivity index (χ0v) is 18.2. The van der Waals surface area contributed by atoms with Crippen LogP contribution < -0.4 is 21.7 Å². The summed E-state index contributed by atoms with van der Waals surface area (Å²) in [6, 6.07) is 8.56. The van der Waals surface area contributed by atoms with Gasteiger partial charge >= 0.3 is 0 Å². The molecule has 0 spiro atoms. The number of hydrogen-bond acceptors (Lipinski definition) is 9. The van der Waals surface area contributed by atoms with E-state index in [9.17, 15) is 0 Å². The summed E-state index contributed by atoms with van der Waals surface area (Å²) in [7, 11) is 4.11. The molecule has 11 heteroatoms. The molecule has 1 aliphatic rings. The van der Waals surface area contributed by atoms with Gasteiger partial charge in [-0.3, -0.25) is 4.57 Å². The van der Waals surface area contributed by atoms with Gasteiger partial charge in [-0.25, -0.2) is 4.98 Å². The molecule has 0 saturated heterocycles. The first-order chi connectivity index (χ1) is 15.6. The van der Waals surface area contributed by atoms with Crippen LogP contribution in [-0.2, 0) is 0 Å². The highest BCUT2D eigenvalue weighted by Crippen LogP contribution is 2.31. The zero-order valence-electron chi connectivity index (χ0n) is 18.2. The fraction of sp³-hybridized carbons (Fsp3) is 0.333. The minimum absolute atomic E-state index is 0.486. The van der Waals surface area contributed by atoms with E-state index >= 15 is 0 Å². The molecule has 5 rings (SSSR count). The third-order valence-corrected chi connectivity index (χ3v) is 5.27. The molecule has 1 fully saturated rings. The first kappa shape index (κ1) is 20.1. The van der Waals surface area contributed by atoms with E-state index in [-0.39, 0.29) is 0 Å². The van der Waals surface area contributed by atoms with Crippen LogP contribution in [0, 0.1) is 0 Å². The quantitative estimate of drug-likeness (QED) is 0.314. The van der Waals surface area contributed by atoms with Crippen LogP contribution in [0.1, 0.15) is 12.8 Å². The van der Waals surface area contributed by atoms with Crippen LogP contribution in [0.4, 0.5) is 28.7 Å². The number of nitrogens with zero attached hydrogens (tertiary/aromatic N) is 7. The molecule has 3 aromatic heterocycles. The maximum atomic E-state index is 6.08. The molecule has 32 heavy (non-hydrogen) atoms. The lowest BCUT2D eigenvalue weighted by molar-refractivity contribution is 0.425. The van der Waals surface area contributed by atoms with E-state index in [4.69, 9.17) is 5.73 Å². The number of aromatic nitrogens is 6. The van der Waals surface area contributed by atoms with Gasteiger partial charge in [0.05, 0.1) is 23.3 Å². The Morgan fingerprint density at radius 2 is 1.94 bits per heavy atom. The Morgan fingerprint density at radius 3 is 2.69 bits per heavy atom. The van der Waals surface area contributed by atoms with Crippen LogP contribution in [0.15, 0.2) is 43.1 Å². The van der Waals surface area contributed by atoms with Crippen LogP contribution >= 0.6 is 0 Å². The summed E-state index contributed by atoms with van der Waals surface area (Å²) in [4.78, 5) is 6.54. The van der Waals surface area contributed by atoms with Gasteiger partial charge in [0.15, 0.2) is 11.5 Å². The van der Waals surface area contributed by atoms with Gasteiger partial charge < -0.3 is 26.6 Å². The van der Waals surface area contributed by atoms with Gasteiger partial charge in [0.1, 0.15) is 18.5 Å². The molecule has 4 aromatic rings. The molecule has 1 aliphatic carbocycles. The molecule has 0 radical (unpaired) electrons. The second-order valence-electron chi connectivity index (χ2n) is 8.24. The number of rotatable bonds is 9. The summed E-state index contributed by atoms with van der Waals surface area (Å²) in [6.07, 6.45) is 7.33. The summed E-state index contributed by atoms with van der Waals surface area (Å²) >= 11 is 0. The van der Waals surface area contributed by atoms with Crippen molar-refractivity contribution in [3.63, 3.8) is 0 Å². The highest BCUT2D eigenvalue weighted by atomic mass is 15.3. The van der Waals surface area contributed by atoms with Gasteiger partial charge in [-0.05, 0) is 45.1 Å². The molecular weight excluding hydrogens is 406 g/mol. The van der Waals surface area contributed by atoms with Crippen molar-refractivity contribution >= 4 is 34.3 Å².